The van der Waals surface area contributed by atoms with Gasteiger partial charge in [0.2, 0.25) is 9.84 Å². The van der Waals surface area contributed by atoms with Crippen molar-refractivity contribution in [2.45, 2.75) is 24.4 Å². The largest absolute Gasteiger partial charge is 0.502 e. The zero-order chi connectivity index (χ0) is 23.8. The molecule has 8 heteroatoms. The first-order chi connectivity index (χ1) is 15.7. The fourth-order valence-corrected chi connectivity index (χ4v) is 5.63. The lowest BCUT2D eigenvalue weighted by Gasteiger charge is -2.27. The Kier molecular flexibility index (Phi) is 6.19. The Balaban J connectivity index is 1.84. The number of rotatable bonds is 6. The molecule has 170 valence electrons. The molecule has 0 fully saturated rings. The molecule has 1 amide bonds. The number of aliphatic hydroxyl groups is 1. The molecule has 1 N–H and O–H groups in total. The maximum atomic E-state index is 13.6. The molecule has 6 nitrogen and oxygen atoms in total. The topological polar surface area (TPSA) is 83.9 Å². The van der Waals surface area contributed by atoms with Crippen LogP contribution in [0.25, 0.3) is 0 Å². The third-order valence-electron chi connectivity index (χ3n) is 5.55. The van der Waals surface area contributed by atoms with Crippen LogP contribution in [-0.2, 0) is 21.2 Å². The zero-order valence-electron chi connectivity index (χ0n) is 18.0. The van der Waals surface area contributed by atoms with Crippen molar-refractivity contribution in [2.75, 3.05) is 7.11 Å². The molecule has 0 bridgehead atoms. The Labute approximate surface area is 197 Å². The van der Waals surface area contributed by atoms with Gasteiger partial charge in [-0.25, -0.2) is 8.42 Å². The van der Waals surface area contributed by atoms with E-state index in [-0.39, 0.29) is 16.3 Å². The SMILES string of the molecule is COc1cccc(CN2C(=O)C(O)=C(S(=O)(=O)c3ccc(Cl)cc3)[C@H]2c2ccc(C)cc2)c1. The number of nitrogens with zero attached hydrogens (tertiary/aromatic N) is 1. The number of methoxy groups -OCH3 is 1. The van der Waals surface area contributed by atoms with E-state index in [1.165, 1.54) is 29.2 Å². The van der Waals surface area contributed by atoms with E-state index in [0.29, 0.717) is 16.3 Å². The average Bonchev–Trinajstić information content (AvgIpc) is 3.05. The van der Waals surface area contributed by atoms with Gasteiger partial charge in [-0.1, -0.05) is 53.6 Å². The summed E-state index contributed by atoms with van der Waals surface area (Å²) < 4.78 is 32.4. The van der Waals surface area contributed by atoms with Gasteiger partial charge in [0.05, 0.1) is 18.0 Å². The van der Waals surface area contributed by atoms with Gasteiger partial charge in [-0.05, 0) is 54.4 Å². The van der Waals surface area contributed by atoms with Crippen LogP contribution in [-0.4, -0.2) is 31.4 Å². The summed E-state index contributed by atoms with van der Waals surface area (Å²) in [4.78, 5) is 14.1. The number of ether oxygens (including phenoxy) is 1. The van der Waals surface area contributed by atoms with Crippen molar-refractivity contribution in [2.24, 2.45) is 0 Å². The number of amides is 1. The minimum Gasteiger partial charge on any atom is -0.502 e. The molecule has 0 unspecified atom stereocenters. The lowest BCUT2D eigenvalue weighted by molar-refractivity contribution is -0.130. The second-order valence-electron chi connectivity index (χ2n) is 7.77. The molecule has 0 spiro atoms. The molecule has 1 heterocycles. The standard InChI is InChI=1S/C25H22ClNO5S/c1-16-6-8-18(9-7-16)22-24(33(30,31)21-12-10-19(26)11-13-21)23(28)25(29)27(22)15-17-4-3-5-20(14-17)32-2/h3-14,22,28H,15H2,1-2H3/t22-/m1/s1. The third-order valence-corrected chi connectivity index (χ3v) is 7.69. The van der Waals surface area contributed by atoms with Crippen molar-refractivity contribution in [3.8, 4) is 5.75 Å². The number of hydrogen-bond acceptors (Lipinski definition) is 5. The van der Waals surface area contributed by atoms with E-state index in [0.717, 1.165) is 11.1 Å². The number of hydrogen-bond donors (Lipinski definition) is 1. The summed E-state index contributed by atoms with van der Waals surface area (Å²) in [7, 11) is -2.66. The summed E-state index contributed by atoms with van der Waals surface area (Å²) in [6.45, 7) is 1.99. The first kappa shape index (κ1) is 22.9. The predicted octanol–water partition coefficient (Wildman–Crippen LogP) is 4.98. The van der Waals surface area contributed by atoms with Crippen LogP contribution in [0.15, 0.2) is 88.4 Å². The maximum absolute atomic E-state index is 13.6. The molecule has 0 aromatic heterocycles. The fourth-order valence-electron chi connectivity index (χ4n) is 3.86. The summed E-state index contributed by atoms with van der Waals surface area (Å²) in [5, 5.41) is 11.2. The lowest BCUT2D eigenvalue weighted by Crippen LogP contribution is -2.30. The Morgan fingerprint density at radius 3 is 2.33 bits per heavy atom. The number of aliphatic hydroxyl groups excluding tert-OH is 1. The van der Waals surface area contributed by atoms with Gasteiger partial charge in [-0.3, -0.25) is 4.79 Å². The number of carbonyl (C=O) groups is 1. The van der Waals surface area contributed by atoms with E-state index in [4.69, 9.17) is 16.3 Å². The highest BCUT2D eigenvalue weighted by Gasteiger charge is 2.46. The first-order valence-corrected chi connectivity index (χ1v) is 12.0. The number of halogens is 1. The van der Waals surface area contributed by atoms with Gasteiger partial charge in [0, 0.05) is 11.6 Å². The molecular formula is C25H22ClNO5S. The van der Waals surface area contributed by atoms with Gasteiger partial charge in [0.15, 0.2) is 5.76 Å². The zero-order valence-corrected chi connectivity index (χ0v) is 19.6. The number of carbonyl (C=O) groups excluding carboxylic acids is 1. The van der Waals surface area contributed by atoms with Crippen LogP contribution in [0, 0.1) is 6.92 Å². The predicted molar refractivity (Wildman–Crippen MR) is 126 cm³/mol. The highest BCUT2D eigenvalue weighted by molar-refractivity contribution is 7.95. The van der Waals surface area contributed by atoms with Crippen LogP contribution < -0.4 is 4.74 Å². The van der Waals surface area contributed by atoms with Gasteiger partial charge in [0.1, 0.15) is 10.7 Å². The number of aryl methyl sites for hydroxylation is 1. The van der Waals surface area contributed by atoms with E-state index < -0.39 is 27.5 Å². The number of sulfone groups is 1. The highest BCUT2D eigenvalue weighted by Crippen LogP contribution is 2.43. The van der Waals surface area contributed by atoms with Gasteiger partial charge < -0.3 is 14.7 Å². The summed E-state index contributed by atoms with van der Waals surface area (Å²) in [6.07, 6.45) is 0. The van der Waals surface area contributed by atoms with E-state index in [2.05, 4.69) is 0 Å². The molecule has 33 heavy (non-hydrogen) atoms. The summed E-state index contributed by atoms with van der Waals surface area (Å²) in [6, 6.07) is 19.0. The summed E-state index contributed by atoms with van der Waals surface area (Å²) in [5.74, 6) is -0.924. The monoisotopic (exact) mass is 483 g/mol. The molecule has 1 aliphatic rings. The Bertz CT molecular complexity index is 1330. The van der Waals surface area contributed by atoms with Crippen molar-refractivity contribution in [3.05, 3.63) is 105 Å². The molecule has 0 saturated heterocycles. The highest BCUT2D eigenvalue weighted by atomic mass is 35.5. The van der Waals surface area contributed by atoms with Crippen LogP contribution in [0.2, 0.25) is 5.02 Å². The number of benzene rings is 3. The second-order valence-corrected chi connectivity index (χ2v) is 10.1. The molecule has 0 saturated carbocycles. The minimum absolute atomic E-state index is 0.0541. The van der Waals surface area contributed by atoms with Crippen LogP contribution in [0.3, 0.4) is 0 Å². The fraction of sp³-hybridized carbons (Fsp3) is 0.160. The molecule has 0 radical (unpaired) electrons. The molecule has 0 aliphatic carbocycles. The Morgan fingerprint density at radius 1 is 1.03 bits per heavy atom. The minimum atomic E-state index is -4.20. The molecular weight excluding hydrogens is 462 g/mol. The van der Waals surface area contributed by atoms with Gasteiger partial charge >= 0.3 is 0 Å². The Hall–Kier alpha value is -3.29. The van der Waals surface area contributed by atoms with Crippen molar-refractivity contribution < 1.29 is 23.1 Å². The third kappa shape index (κ3) is 4.34. The van der Waals surface area contributed by atoms with Gasteiger partial charge in [-0.15, -0.1) is 0 Å². The van der Waals surface area contributed by atoms with Crippen molar-refractivity contribution in [3.63, 3.8) is 0 Å². The Morgan fingerprint density at radius 2 is 1.70 bits per heavy atom. The molecule has 3 aromatic rings. The molecule has 1 aliphatic heterocycles. The van der Waals surface area contributed by atoms with Gasteiger partial charge in [0.25, 0.3) is 5.91 Å². The van der Waals surface area contributed by atoms with Crippen molar-refractivity contribution >= 4 is 27.3 Å². The van der Waals surface area contributed by atoms with E-state index in [1.54, 1.807) is 37.4 Å². The van der Waals surface area contributed by atoms with Gasteiger partial charge in [-0.2, -0.15) is 0 Å². The summed E-state index contributed by atoms with van der Waals surface area (Å²) >= 11 is 5.92. The quantitative estimate of drug-likeness (QED) is 0.534. The van der Waals surface area contributed by atoms with Crippen molar-refractivity contribution in [1.82, 2.24) is 4.90 Å². The lowest BCUT2D eigenvalue weighted by atomic mass is 10.0. The molecule has 3 aromatic carbocycles. The van der Waals surface area contributed by atoms with E-state index in [1.807, 2.05) is 25.1 Å². The second kappa shape index (κ2) is 8.92. The molecule has 1 atom stereocenters. The van der Waals surface area contributed by atoms with E-state index in [9.17, 15) is 18.3 Å². The summed E-state index contributed by atoms with van der Waals surface area (Å²) in [5.41, 5.74) is 2.30. The van der Waals surface area contributed by atoms with Crippen molar-refractivity contribution in [1.29, 1.82) is 0 Å². The smallest absolute Gasteiger partial charge is 0.290 e. The molecule has 4 rings (SSSR count). The first-order valence-electron chi connectivity index (χ1n) is 10.2. The average molecular weight is 484 g/mol. The van der Waals surface area contributed by atoms with E-state index >= 15 is 0 Å². The van der Waals surface area contributed by atoms with Crippen LogP contribution in [0.1, 0.15) is 22.7 Å². The maximum Gasteiger partial charge on any atom is 0.290 e. The van der Waals surface area contributed by atoms with Crippen LogP contribution in [0.5, 0.6) is 5.75 Å². The van der Waals surface area contributed by atoms with Crippen LogP contribution >= 0.6 is 11.6 Å². The van der Waals surface area contributed by atoms with Crippen LogP contribution in [0.4, 0.5) is 0 Å². The normalized spacial score (nSPS) is 16.4.